The van der Waals surface area contributed by atoms with E-state index in [1.807, 2.05) is 27.7 Å². The van der Waals surface area contributed by atoms with E-state index in [4.69, 9.17) is 19.2 Å². The van der Waals surface area contributed by atoms with Crippen molar-refractivity contribution in [1.29, 1.82) is 0 Å². The van der Waals surface area contributed by atoms with Gasteiger partial charge in [-0.2, -0.15) is 19.4 Å². The highest BCUT2D eigenvalue weighted by atomic mass is 17.3. The predicted octanol–water partition coefficient (Wildman–Crippen LogP) is 10.3. The summed E-state index contributed by atoms with van der Waals surface area (Å²) in [6.07, 6.45) is 22.9. The van der Waals surface area contributed by atoms with Gasteiger partial charge in [-0.05, 0) is 51.4 Å². The molecular weight excluding hydrogens is 504 g/mol. The molecule has 230 valence electrons. The van der Waals surface area contributed by atoms with E-state index in [1.165, 1.54) is 128 Å². The van der Waals surface area contributed by atoms with Gasteiger partial charge in [-0.15, -0.1) is 0 Å². The molecule has 0 aliphatic heterocycles. The maximum atomic E-state index is 12.9. The van der Waals surface area contributed by atoms with Crippen LogP contribution < -0.4 is 0 Å². The van der Waals surface area contributed by atoms with E-state index in [0.717, 1.165) is 0 Å². The summed E-state index contributed by atoms with van der Waals surface area (Å²) in [6.45, 7) is 8.07. The summed E-state index contributed by atoms with van der Waals surface area (Å²) in [5.41, 5.74) is -1.39. The van der Waals surface area contributed by atoms with E-state index in [1.54, 1.807) is 0 Å². The van der Waals surface area contributed by atoms with Gasteiger partial charge in [0.15, 0.2) is 0 Å². The summed E-state index contributed by atoms with van der Waals surface area (Å²) >= 11 is 0. The number of rotatable bonds is 8. The van der Waals surface area contributed by atoms with Gasteiger partial charge in [-0.25, -0.2) is 0 Å². The Hall–Kier alpha value is -1.46. The smallest absolute Gasteiger partial charge is 0.425 e. The molecule has 0 bridgehead atoms. The van der Waals surface area contributed by atoms with Crippen LogP contribution in [0.1, 0.15) is 156 Å². The molecule has 4 aliphatic carbocycles. The van der Waals surface area contributed by atoms with Crippen molar-refractivity contribution in [2.24, 2.45) is 35.5 Å². The molecule has 6 nitrogen and oxygen atoms in total. The first-order valence-corrected chi connectivity index (χ1v) is 17.0. The molecule has 0 radical (unpaired) electrons. The Morgan fingerprint density at radius 1 is 0.450 bits per heavy atom. The van der Waals surface area contributed by atoms with Crippen LogP contribution >= 0.6 is 0 Å². The lowest BCUT2D eigenvalue weighted by atomic mass is 9.64. The average Bonchev–Trinajstić information content (AvgIpc) is 2.94. The minimum atomic E-state index is -0.951. The van der Waals surface area contributed by atoms with Crippen LogP contribution in [0.3, 0.4) is 0 Å². The minimum Gasteiger partial charge on any atom is -0.425 e. The summed E-state index contributed by atoms with van der Waals surface area (Å²) in [5, 5.41) is 0. The van der Waals surface area contributed by atoms with E-state index in [0.29, 0.717) is 35.5 Å². The third kappa shape index (κ3) is 8.53. The maximum absolute atomic E-state index is 12.9. The highest BCUT2D eigenvalue weighted by Gasteiger charge is 2.46. The molecule has 0 aromatic rings. The van der Waals surface area contributed by atoms with Gasteiger partial charge in [0, 0.05) is 11.8 Å². The van der Waals surface area contributed by atoms with Crippen molar-refractivity contribution in [3.05, 3.63) is 0 Å². The SMILES string of the molecule is CC(C)(OC(=O)OOC(=O)OC(C)(C)C(C1CCCCC1)C1CCCCC1)C(C1CCCCC1)C1CCCCC1. The van der Waals surface area contributed by atoms with Gasteiger partial charge in [-0.1, -0.05) is 128 Å². The first-order valence-electron chi connectivity index (χ1n) is 17.0. The lowest BCUT2D eigenvalue weighted by molar-refractivity contribution is -0.243. The molecule has 4 rings (SSSR count). The van der Waals surface area contributed by atoms with E-state index < -0.39 is 23.5 Å². The van der Waals surface area contributed by atoms with Crippen LogP contribution in [0.25, 0.3) is 0 Å². The Morgan fingerprint density at radius 3 is 0.900 bits per heavy atom. The van der Waals surface area contributed by atoms with Crippen molar-refractivity contribution in [3.63, 3.8) is 0 Å². The maximum Gasteiger partial charge on any atom is 0.550 e. The molecule has 4 saturated carbocycles. The lowest BCUT2D eigenvalue weighted by Crippen LogP contribution is -2.47. The normalized spacial score (nSPS) is 23.2. The van der Waals surface area contributed by atoms with Crippen LogP contribution in [0, 0.1) is 35.5 Å². The fourth-order valence-electron chi connectivity index (χ4n) is 9.68. The molecule has 40 heavy (non-hydrogen) atoms. The molecule has 6 heteroatoms. The summed E-state index contributed by atoms with van der Waals surface area (Å²) in [6, 6.07) is 0. The second-order valence-corrected chi connectivity index (χ2v) is 14.7. The Balaban J connectivity index is 1.34. The van der Waals surface area contributed by atoms with Crippen molar-refractivity contribution >= 4 is 12.3 Å². The van der Waals surface area contributed by atoms with Crippen LogP contribution in [0.5, 0.6) is 0 Å². The summed E-state index contributed by atoms with van der Waals surface area (Å²) in [5.74, 6) is 2.81. The van der Waals surface area contributed by atoms with Gasteiger partial charge >= 0.3 is 12.3 Å². The molecule has 4 fully saturated rings. The van der Waals surface area contributed by atoms with Crippen LogP contribution in [0.4, 0.5) is 9.59 Å². The molecule has 0 heterocycles. The first-order chi connectivity index (χ1) is 19.2. The number of ether oxygens (including phenoxy) is 2. The lowest BCUT2D eigenvalue weighted by Gasteiger charge is -2.46. The summed E-state index contributed by atoms with van der Waals surface area (Å²) in [7, 11) is 0. The zero-order valence-electron chi connectivity index (χ0n) is 26.1. The van der Waals surface area contributed by atoms with Gasteiger partial charge in [0.1, 0.15) is 11.2 Å². The summed E-state index contributed by atoms with van der Waals surface area (Å²) < 4.78 is 11.9. The van der Waals surface area contributed by atoms with E-state index in [2.05, 4.69) is 0 Å². The molecule has 0 N–H and O–H groups in total. The molecular formula is C34H58O6. The quantitative estimate of drug-likeness (QED) is 0.166. The zero-order chi connectivity index (χ0) is 28.6. The van der Waals surface area contributed by atoms with Crippen LogP contribution in [-0.4, -0.2) is 23.5 Å². The highest BCUT2D eigenvalue weighted by Crippen LogP contribution is 2.48. The van der Waals surface area contributed by atoms with Gasteiger partial charge in [0.2, 0.25) is 0 Å². The van der Waals surface area contributed by atoms with Crippen LogP contribution in [0.15, 0.2) is 0 Å². The number of hydrogen-bond acceptors (Lipinski definition) is 6. The summed E-state index contributed by atoms with van der Waals surface area (Å²) in [4.78, 5) is 35.6. The predicted molar refractivity (Wildman–Crippen MR) is 157 cm³/mol. The third-order valence-electron chi connectivity index (χ3n) is 11.1. The standard InChI is InChI=1S/C34H58O6/c1-33(2,29(25-17-9-5-10-18-25)26-19-11-6-12-20-26)37-31(35)39-40-32(36)38-34(3,4)30(27-21-13-7-14-22-27)28-23-15-8-16-24-28/h25-30H,5-24H2,1-4H3. The molecule has 0 saturated heterocycles. The van der Waals surface area contributed by atoms with Crippen LogP contribution in [-0.2, 0) is 19.2 Å². The molecule has 4 aliphatic rings. The monoisotopic (exact) mass is 562 g/mol. The van der Waals surface area contributed by atoms with Crippen LogP contribution in [0.2, 0.25) is 0 Å². The van der Waals surface area contributed by atoms with Crippen molar-refractivity contribution in [3.8, 4) is 0 Å². The molecule has 0 aromatic carbocycles. The highest BCUT2D eigenvalue weighted by molar-refractivity contribution is 5.64. The molecule has 0 unspecified atom stereocenters. The molecule has 0 amide bonds. The van der Waals surface area contributed by atoms with Crippen molar-refractivity contribution in [2.75, 3.05) is 0 Å². The van der Waals surface area contributed by atoms with Crippen molar-refractivity contribution < 1.29 is 28.8 Å². The third-order valence-corrected chi connectivity index (χ3v) is 11.1. The van der Waals surface area contributed by atoms with Crippen molar-refractivity contribution in [1.82, 2.24) is 0 Å². The number of carbonyl (C=O) groups excluding carboxylic acids is 2. The molecule has 0 spiro atoms. The Morgan fingerprint density at radius 2 is 0.675 bits per heavy atom. The topological polar surface area (TPSA) is 71.1 Å². The second kappa shape index (κ2) is 14.6. The van der Waals surface area contributed by atoms with E-state index >= 15 is 0 Å². The average molecular weight is 563 g/mol. The van der Waals surface area contributed by atoms with Gasteiger partial charge in [0.25, 0.3) is 0 Å². The number of hydrogen-bond donors (Lipinski definition) is 0. The zero-order valence-corrected chi connectivity index (χ0v) is 26.1. The Labute approximate surface area is 243 Å². The first kappa shape index (κ1) is 31.5. The minimum absolute atomic E-state index is 0.290. The fourth-order valence-corrected chi connectivity index (χ4v) is 9.68. The van der Waals surface area contributed by atoms with E-state index in [-0.39, 0.29) is 0 Å². The van der Waals surface area contributed by atoms with Gasteiger partial charge in [0.05, 0.1) is 0 Å². The Bertz CT molecular complexity index is 680. The Kier molecular flexibility index (Phi) is 11.5. The molecule has 0 atom stereocenters. The number of carbonyl (C=O) groups is 2. The van der Waals surface area contributed by atoms with E-state index in [9.17, 15) is 9.59 Å². The largest absolute Gasteiger partial charge is 0.550 e. The second-order valence-electron chi connectivity index (χ2n) is 14.7. The van der Waals surface area contributed by atoms with Gasteiger partial charge in [-0.3, -0.25) is 0 Å². The molecule has 0 aromatic heterocycles. The van der Waals surface area contributed by atoms with Gasteiger partial charge < -0.3 is 9.47 Å². The van der Waals surface area contributed by atoms with Crippen molar-refractivity contribution in [2.45, 2.75) is 167 Å². The fraction of sp³-hybridized carbons (Fsp3) is 0.941.